The van der Waals surface area contributed by atoms with E-state index in [1.165, 1.54) is 0 Å². The van der Waals surface area contributed by atoms with Crippen molar-refractivity contribution in [2.45, 2.75) is 25.9 Å². The van der Waals surface area contributed by atoms with Crippen LogP contribution in [0.25, 0.3) is 0 Å². The molecule has 0 fully saturated rings. The molecule has 5 heteroatoms. The van der Waals surface area contributed by atoms with Crippen LogP contribution < -0.4 is 5.11 Å². The molecule has 0 saturated heterocycles. The Labute approximate surface area is 82.0 Å². The number of hydrogen-bond donors (Lipinski definition) is 1. The van der Waals surface area contributed by atoms with Crippen molar-refractivity contribution in [3.8, 4) is 0 Å². The maximum Gasteiger partial charge on any atom is 0.305 e. The number of esters is 1. The number of carboxylic acid groups (broad SMARTS) is 1. The monoisotopic (exact) mass is 201 g/mol. The van der Waals surface area contributed by atoms with E-state index in [0.717, 1.165) is 0 Å². The topological polar surface area (TPSA) is 86.7 Å². The van der Waals surface area contributed by atoms with Gasteiger partial charge in [0.05, 0.1) is 12.1 Å². The number of hydrogen-bond acceptors (Lipinski definition) is 5. The molecule has 0 bridgehead atoms. The van der Waals surface area contributed by atoms with Crippen molar-refractivity contribution in [3.63, 3.8) is 0 Å². The van der Waals surface area contributed by atoms with Gasteiger partial charge in [-0.1, -0.05) is 13.5 Å². The fourth-order valence-corrected chi connectivity index (χ4v) is 0.718. The second-order valence-electron chi connectivity index (χ2n) is 2.79. The first kappa shape index (κ1) is 12.6. The summed E-state index contributed by atoms with van der Waals surface area (Å²) in [7, 11) is 0. The largest absolute Gasteiger partial charge is 0.545 e. The minimum absolute atomic E-state index is 0.167. The third-order valence-corrected chi connectivity index (χ3v) is 1.50. The lowest BCUT2D eigenvalue weighted by Gasteiger charge is -2.12. The molecular formula is C9H13O5-. The van der Waals surface area contributed by atoms with Crippen LogP contribution in [-0.2, 0) is 14.3 Å². The predicted molar refractivity (Wildman–Crippen MR) is 46.0 cm³/mol. The van der Waals surface area contributed by atoms with Gasteiger partial charge >= 0.3 is 5.97 Å². The Balaban J connectivity index is 3.76. The van der Waals surface area contributed by atoms with Crippen LogP contribution in [0.2, 0.25) is 0 Å². The summed E-state index contributed by atoms with van der Waals surface area (Å²) in [6, 6.07) is 0. The van der Waals surface area contributed by atoms with Gasteiger partial charge in [-0.3, -0.25) is 4.79 Å². The minimum Gasteiger partial charge on any atom is -0.545 e. The van der Waals surface area contributed by atoms with E-state index in [1.807, 2.05) is 0 Å². The van der Waals surface area contributed by atoms with Crippen LogP contribution >= 0.6 is 0 Å². The molecule has 1 atom stereocenters. The summed E-state index contributed by atoms with van der Waals surface area (Å²) in [4.78, 5) is 20.9. The summed E-state index contributed by atoms with van der Waals surface area (Å²) >= 11 is 0. The SMILES string of the molecule is C=C(CC(O)COC(=O)CC)C(=O)[O-]. The normalized spacial score (nSPS) is 11.9. The average molecular weight is 201 g/mol. The van der Waals surface area contributed by atoms with Crippen molar-refractivity contribution in [1.29, 1.82) is 0 Å². The van der Waals surface area contributed by atoms with Crippen molar-refractivity contribution < 1.29 is 24.5 Å². The van der Waals surface area contributed by atoms with Gasteiger partial charge in [0.15, 0.2) is 0 Å². The number of ether oxygens (including phenoxy) is 1. The summed E-state index contributed by atoms with van der Waals surface area (Å²) < 4.78 is 4.59. The van der Waals surface area contributed by atoms with Crippen molar-refractivity contribution in [2.24, 2.45) is 0 Å². The third-order valence-electron chi connectivity index (χ3n) is 1.50. The Bertz CT molecular complexity index is 233. The smallest absolute Gasteiger partial charge is 0.305 e. The summed E-state index contributed by atoms with van der Waals surface area (Å²) in [6.45, 7) is 4.58. The van der Waals surface area contributed by atoms with E-state index in [0.29, 0.717) is 0 Å². The molecule has 80 valence electrons. The van der Waals surface area contributed by atoms with Gasteiger partial charge in [-0.25, -0.2) is 0 Å². The molecule has 0 aromatic heterocycles. The molecule has 0 aliphatic heterocycles. The predicted octanol–water partition coefficient (Wildman–Crippen LogP) is -1.00. The molecular weight excluding hydrogens is 188 g/mol. The van der Waals surface area contributed by atoms with Crippen LogP contribution in [0.4, 0.5) is 0 Å². The molecule has 0 aliphatic carbocycles. The summed E-state index contributed by atoms with van der Waals surface area (Å²) in [5.74, 6) is -1.85. The van der Waals surface area contributed by atoms with Crippen LogP contribution in [0.15, 0.2) is 12.2 Å². The summed E-state index contributed by atoms with van der Waals surface area (Å²) in [5, 5.41) is 19.4. The highest BCUT2D eigenvalue weighted by Gasteiger charge is 2.09. The van der Waals surface area contributed by atoms with Gasteiger partial charge in [0.2, 0.25) is 0 Å². The second-order valence-corrected chi connectivity index (χ2v) is 2.79. The van der Waals surface area contributed by atoms with Crippen molar-refractivity contribution >= 4 is 11.9 Å². The molecule has 0 aliphatic rings. The second kappa shape index (κ2) is 6.15. The van der Waals surface area contributed by atoms with E-state index in [1.54, 1.807) is 6.92 Å². The highest BCUT2D eigenvalue weighted by atomic mass is 16.5. The Morgan fingerprint density at radius 2 is 2.14 bits per heavy atom. The Morgan fingerprint density at radius 3 is 2.57 bits per heavy atom. The lowest BCUT2D eigenvalue weighted by atomic mass is 10.1. The molecule has 0 spiro atoms. The van der Waals surface area contributed by atoms with Crippen LogP contribution in [0.5, 0.6) is 0 Å². The zero-order valence-electron chi connectivity index (χ0n) is 7.99. The highest BCUT2D eigenvalue weighted by Crippen LogP contribution is 2.02. The van der Waals surface area contributed by atoms with Crippen molar-refractivity contribution in [2.75, 3.05) is 6.61 Å². The maximum atomic E-state index is 10.7. The number of carbonyl (C=O) groups excluding carboxylic acids is 2. The first-order valence-electron chi connectivity index (χ1n) is 4.20. The molecule has 0 heterocycles. The molecule has 14 heavy (non-hydrogen) atoms. The first-order valence-corrected chi connectivity index (χ1v) is 4.20. The van der Waals surface area contributed by atoms with Crippen LogP contribution in [0.3, 0.4) is 0 Å². The molecule has 0 radical (unpaired) electrons. The molecule has 5 nitrogen and oxygen atoms in total. The molecule has 0 saturated carbocycles. The first-order chi connectivity index (χ1) is 6.47. The van der Waals surface area contributed by atoms with Gasteiger partial charge in [-0.2, -0.15) is 0 Å². The van der Waals surface area contributed by atoms with Gasteiger partial charge in [-0.15, -0.1) is 0 Å². The number of aliphatic carboxylic acids is 1. The van der Waals surface area contributed by atoms with E-state index in [9.17, 15) is 19.8 Å². The summed E-state index contributed by atoms with van der Waals surface area (Å²) in [5.41, 5.74) is -0.218. The lowest BCUT2D eigenvalue weighted by Crippen LogP contribution is -2.28. The zero-order chi connectivity index (χ0) is 11.1. The quantitative estimate of drug-likeness (QED) is 0.440. The number of rotatable bonds is 6. The Kier molecular flexibility index (Phi) is 5.55. The molecule has 0 aromatic rings. The van der Waals surface area contributed by atoms with Crippen molar-refractivity contribution in [1.82, 2.24) is 0 Å². The molecule has 1 N–H and O–H groups in total. The third kappa shape index (κ3) is 5.31. The van der Waals surface area contributed by atoms with Gasteiger partial charge in [-0.05, 0) is 5.57 Å². The number of aliphatic hydroxyl groups is 1. The minimum atomic E-state index is -1.41. The lowest BCUT2D eigenvalue weighted by molar-refractivity contribution is -0.299. The van der Waals surface area contributed by atoms with E-state index in [2.05, 4.69) is 11.3 Å². The van der Waals surface area contributed by atoms with E-state index in [4.69, 9.17) is 0 Å². The average Bonchev–Trinajstić information content (AvgIpc) is 2.13. The number of carboxylic acids is 1. The van der Waals surface area contributed by atoms with E-state index < -0.39 is 18.0 Å². The maximum absolute atomic E-state index is 10.7. The summed E-state index contributed by atoms with van der Waals surface area (Å²) in [6.07, 6.45) is -0.996. The van der Waals surface area contributed by atoms with Crippen LogP contribution in [0.1, 0.15) is 19.8 Å². The molecule has 0 amide bonds. The fourth-order valence-electron chi connectivity index (χ4n) is 0.718. The van der Waals surface area contributed by atoms with Gasteiger partial charge < -0.3 is 19.7 Å². The number of carbonyl (C=O) groups is 2. The van der Waals surface area contributed by atoms with Gasteiger partial charge in [0.25, 0.3) is 0 Å². The van der Waals surface area contributed by atoms with Crippen molar-refractivity contribution in [3.05, 3.63) is 12.2 Å². The van der Waals surface area contributed by atoms with Crippen LogP contribution in [-0.4, -0.2) is 29.8 Å². The van der Waals surface area contributed by atoms with E-state index >= 15 is 0 Å². The number of aliphatic hydroxyl groups excluding tert-OH is 1. The van der Waals surface area contributed by atoms with Gasteiger partial charge in [0, 0.05) is 12.8 Å². The zero-order valence-corrected chi connectivity index (χ0v) is 7.99. The Hall–Kier alpha value is -1.36. The van der Waals surface area contributed by atoms with E-state index in [-0.39, 0.29) is 25.0 Å². The standard InChI is InChI=1S/C9H14O5/c1-3-8(11)14-5-7(10)4-6(2)9(12)13/h7,10H,2-5H2,1H3,(H,12,13)/p-1. The Morgan fingerprint density at radius 1 is 1.57 bits per heavy atom. The molecule has 1 unspecified atom stereocenters. The highest BCUT2D eigenvalue weighted by molar-refractivity contribution is 5.83. The van der Waals surface area contributed by atoms with Gasteiger partial charge in [0.1, 0.15) is 6.61 Å². The molecule has 0 aromatic carbocycles. The van der Waals surface area contributed by atoms with Crippen LogP contribution in [0, 0.1) is 0 Å². The fraction of sp³-hybridized carbons (Fsp3) is 0.556. The molecule has 0 rings (SSSR count).